The van der Waals surface area contributed by atoms with Gasteiger partial charge >= 0.3 is 5.69 Å². The molecule has 0 aromatic heterocycles. The standard InChI is InChI=1S/C16H15NO5/c1-11-5-3-4-6-13(11)10-22-16-14(17(19)20)7-12(9-18)8-15(16)21-2/h3-9H,10H2,1-2H3. The highest BCUT2D eigenvalue weighted by Gasteiger charge is 2.22. The lowest BCUT2D eigenvalue weighted by Crippen LogP contribution is -2.03. The van der Waals surface area contributed by atoms with Gasteiger partial charge in [-0.25, -0.2) is 0 Å². The van der Waals surface area contributed by atoms with Crippen LogP contribution in [0.4, 0.5) is 5.69 Å². The predicted octanol–water partition coefficient (Wildman–Crippen LogP) is 3.30. The molecule has 0 atom stereocenters. The number of benzene rings is 2. The molecule has 0 aliphatic heterocycles. The number of aldehydes is 1. The van der Waals surface area contributed by atoms with E-state index >= 15 is 0 Å². The Morgan fingerprint density at radius 1 is 1.27 bits per heavy atom. The zero-order valence-electron chi connectivity index (χ0n) is 12.2. The van der Waals surface area contributed by atoms with Crippen LogP contribution in [0.15, 0.2) is 36.4 Å². The maximum absolute atomic E-state index is 11.2. The molecule has 0 spiro atoms. The van der Waals surface area contributed by atoms with Gasteiger partial charge in [-0.3, -0.25) is 14.9 Å². The first kappa shape index (κ1) is 15.5. The van der Waals surface area contributed by atoms with Crippen LogP contribution in [0.1, 0.15) is 21.5 Å². The van der Waals surface area contributed by atoms with Crippen molar-refractivity contribution in [3.8, 4) is 11.5 Å². The van der Waals surface area contributed by atoms with Crippen molar-refractivity contribution in [3.05, 3.63) is 63.2 Å². The van der Waals surface area contributed by atoms with Crippen LogP contribution in [0.3, 0.4) is 0 Å². The average molecular weight is 301 g/mol. The Balaban J connectivity index is 2.38. The number of hydrogen-bond acceptors (Lipinski definition) is 5. The van der Waals surface area contributed by atoms with Crippen LogP contribution in [0, 0.1) is 17.0 Å². The number of nitro benzene ring substituents is 1. The van der Waals surface area contributed by atoms with Crippen molar-refractivity contribution in [2.45, 2.75) is 13.5 Å². The predicted molar refractivity (Wildman–Crippen MR) is 80.5 cm³/mol. The van der Waals surface area contributed by atoms with E-state index in [0.717, 1.165) is 11.1 Å². The van der Waals surface area contributed by atoms with Crippen molar-refractivity contribution >= 4 is 12.0 Å². The normalized spacial score (nSPS) is 10.1. The minimum Gasteiger partial charge on any atom is -0.493 e. The number of carbonyl (C=O) groups is 1. The maximum atomic E-state index is 11.2. The van der Waals surface area contributed by atoms with Gasteiger partial charge in [0.05, 0.1) is 12.0 Å². The molecule has 0 fully saturated rings. The number of nitrogens with zero attached hydrogens (tertiary/aromatic N) is 1. The molecule has 6 nitrogen and oxygen atoms in total. The van der Waals surface area contributed by atoms with Crippen LogP contribution in [0.25, 0.3) is 0 Å². The number of ether oxygens (including phenoxy) is 2. The molecule has 0 saturated heterocycles. The van der Waals surface area contributed by atoms with Crippen molar-refractivity contribution in [2.75, 3.05) is 7.11 Å². The van der Waals surface area contributed by atoms with Gasteiger partial charge in [-0.2, -0.15) is 0 Å². The van der Waals surface area contributed by atoms with Crippen LogP contribution >= 0.6 is 0 Å². The molecule has 0 saturated carbocycles. The zero-order valence-corrected chi connectivity index (χ0v) is 12.2. The fourth-order valence-electron chi connectivity index (χ4n) is 2.03. The molecular formula is C16H15NO5. The Labute approximate surface area is 127 Å². The summed E-state index contributed by atoms with van der Waals surface area (Å²) in [5.41, 5.74) is 1.80. The van der Waals surface area contributed by atoms with E-state index in [0.29, 0.717) is 6.29 Å². The van der Waals surface area contributed by atoms with Gasteiger partial charge in [0.2, 0.25) is 5.75 Å². The quantitative estimate of drug-likeness (QED) is 0.464. The van der Waals surface area contributed by atoms with E-state index < -0.39 is 4.92 Å². The second kappa shape index (κ2) is 6.71. The highest BCUT2D eigenvalue weighted by atomic mass is 16.6. The highest BCUT2D eigenvalue weighted by Crippen LogP contribution is 2.38. The third-order valence-corrected chi connectivity index (χ3v) is 3.24. The summed E-state index contributed by atoms with van der Waals surface area (Å²) in [4.78, 5) is 21.5. The molecular weight excluding hydrogens is 286 g/mol. The van der Waals surface area contributed by atoms with Gasteiger partial charge in [0, 0.05) is 11.6 Å². The molecule has 0 N–H and O–H groups in total. The van der Waals surface area contributed by atoms with E-state index in [1.807, 2.05) is 31.2 Å². The fourth-order valence-corrected chi connectivity index (χ4v) is 2.03. The van der Waals surface area contributed by atoms with Crippen LogP contribution in [-0.4, -0.2) is 18.3 Å². The first-order valence-corrected chi connectivity index (χ1v) is 6.55. The maximum Gasteiger partial charge on any atom is 0.315 e. The summed E-state index contributed by atoms with van der Waals surface area (Å²) in [6.45, 7) is 2.10. The summed E-state index contributed by atoms with van der Waals surface area (Å²) in [5.74, 6) is 0.172. The van der Waals surface area contributed by atoms with Gasteiger partial charge in [-0.1, -0.05) is 24.3 Å². The Morgan fingerprint density at radius 2 is 2.00 bits per heavy atom. The van der Waals surface area contributed by atoms with Gasteiger partial charge in [0.15, 0.2) is 5.75 Å². The minimum absolute atomic E-state index is 0.0151. The molecule has 0 aliphatic rings. The number of rotatable bonds is 6. The van der Waals surface area contributed by atoms with E-state index in [4.69, 9.17) is 9.47 Å². The van der Waals surface area contributed by atoms with Crippen molar-refractivity contribution < 1.29 is 19.2 Å². The Hall–Kier alpha value is -2.89. The average Bonchev–Trinajstić information content (AvgIpc) is 2.53. The van der Waals surface area contributed by atoms with E-state index in [2.05, 4.69) is 0 Å². The van der Waals surface area contributed by atoms with Gasteiger partial charge in [0.25, 0.3) is 0 Å². The number of hydrogen-bond donors (Lipinski definition) is 0. The second-order valence-electron chi connectivity index (χ2n) is 4.66. The summed E-state index contributed by atoms with van der Waals surface area (Å²) in [5, 5.41) is 11.2. The monoisotopic (exact) mass is 301 g/mol. The Morgan fingerprint density at radius 3 is 2.59 bits per heavy atom. The molecule has 22 heavy (non-hydrogen) atoms. The van der Waals surface area contributed by atoms with Gasteiger partial charge in [-0.15, -0.1) is 0 Å². The van der Waals surface area contributed by atoms with E-state index in [1.54, 1.807) is 0 Å². The summed E-state index contributed by atoms with van der Waals surface area (Å²) in [6, 6.07) is 10.2. The van der Waals surface area contributed by atoms with Crippen LogP contribution in [-0.2, 0) is 6.61 Å². The first-order valence-electron chi connectivity index (χ1n) is 6.55. The molecule has 0 radical (unpaired) electrons. The van der Waals surface area contributed by atoms with Crippen molar-refractivity contribution in [1.29, 1.82) is 0 Å². The molecule has 0 aliphatic carbocycles. The van der Waals surface area contributed by atoms with Gasteiger partial charge < -0.3 is 9.47 Å². The molecule has 0 heterocycles. The van der Waals surface area contributed by atoms with Gasteiger partial charge in [0.1, 0.15) is 12.9 Å². The summed E-state index contributed by atoms with van der Waals surface area (Å²) >= 11 is 0. The molecule has 6 heteroatoms. The summed E-state index contributed by atoms with van der Waals surface area (Å²) in [7, 11) is 1.37. The molecule has 2 rings (SSSR count). The first-order chi connectivity index (χ1) is 10.6. The molecule has 2 aromatic carbocycles. The summed E-state index contributed by atoms with van der Waals surface area (Å²) in [6.07, 6.45) is 0.528. The van der Waals surface area contributed by atoms with E-state index in [1.165, 1.54) is 19.2 Å². The summed E-state index contributed by atoms with van der Waals surface area (Å²) < 4.78 is 10.7. The number of methoxy groups -OCH3 is 1. The fraction of sp³-hybridized carbons (Fsp3) is 0.188. The van der Waals surface area contributed by atoms with Crippen LogP contribution in [0.5, 0.6) is 11.5 Å². The lowest BCUT2D eigenvalue weighted by molar-refractivity contribution is -0.386. The third-order valence-electron chi connectivity index (χ3n) is 3.24. The molecule has 0 bridgehead atoms. The van der Waals surface area contributed by atoms with Crippen molar-refractivity contribution in [1.82, 2.24) is 0 Å². The van der Waals surface area contributed by atoms with Crippen LogP contribution in [0.2, 0.25) is 0 Å². The van der Waals surface area contributed by atoms with Crippen LogP contribution < -0.4 is 9.47 Å². The second-order valence-corrected chi connectivity index (χ2v) is 4.66. The number of aryl methyl sites for hydroxylation is 1. The highest BCUT2D eigenvalue weighted by molar-refractivity contribution is 5.79. The molecule has 114 valence electrons. The van der Waals surface area contributed by atoms with E-state index in [9.17, 15) is 14.9 Å². The smallest absolute Gasteiger partial charge is 0.315 e. The van der Waals surface area contributed by atoms with E-state index in [-0.39, 0.29) is 29.4 Å². The lowest BCUT2D eigenvalue weighted by Gasteiger charge is -2.12. The third kappa shape index (κ3) is 3.22. The molecule has 2 aromatic rings. The SMILES string of the molecule is COc1cc(C=O)cc([N+](=O)[O-])c1OCc1ccccc1C. The Bertz CT molecular complexity index is 712. The topological polar surface area (TPSA) is 78.7 Å². The minimum atomic E-state index is -0.595. The molecule has 0 amide bonds. The molecule has 0 unspecified atom stereocenters. The number of carbonyl (C=O) groups excluding carboxylic acids is 1. The zero-order chi connectivity index (χ0) is 16.1. The number of nitro groups is 1. The van der Waals surface area contributed by atoms with Gasteiger partial charge in [-0.05, 0) is 24.1 Å². The Kier molecular flexibility index (Phi) is 4.73. The van der Waals surface area contributed by atoms with Crippen molar-refractivity contribution in [2.24, 2.45) is 0 Å². The largest absolute Gasteiger partial charge is 0.493 e. The lowest BCUT2D eigenvalue weighted by atomic mass is 10.1. The van der Waals surface area contributed by atoms with Crippen molar-refractivity contribution in [3.63, 3.8) is 0 Å².